The largest absolute Gasteiger partial charge is 2.00 e. The Hall–Kier alpha value is 1.68. The molecule has 0 spiro atoms. The Morgan fingerprint density at radius 1 is 1.42 bits per heavy atom. The summed E-state index contributed by atoms with van der Waals surface area (Å²) >= 11 is 0. The van der Waals surface area contributed by atoms with Gasteiger partial charge in [-0.15, -0.1) is 0 Å². The van der Waals surface area contributed by atoms with Crippen molar-refractivity contribution in [3.8, 4) is 0 Å². The minimum absolute atomic E-state index is 0. The zero-order valence-corrected chi connectivity index (χ0v) is 11.4. The molecule has 0 heterocycles. The first-order valence-corrected chi connectivity index (χ1v) is 3.24. The summed E-state index contributed by atoms with van der Waals surface area (Å²) in [5.41, 5.74) is 5.64. The van der Waals surface area contributed by atoms with E-state index < -0.39 is 13.9 Å². The van der Waals surface area contributed by atoms with Gasteiger partial charge >= 0.3 is 83.0 Å². The van der Waals surface area contributed by atoms with Crippen molar-refractivity contribution in [3.63, 3.8) is 0 Å². The molecule has 0 aromatic rings. The molecule has 0 unspecified atom stereocenters. The summed E-state index contributed by atoms with van der Waals surface area (Å²) in [6, 6.07) is -1.17. The van der Waals surface area contributed by atoms with Gasteiger partial charge in [-0.05, 0) is 0 Å². The van der Waals surface area contributed by atoms with Gasteiger partial charge in [0, 0.05) is 0 Å². The van der Waals surface area contributed by atoms with Gasteiger partial charge in [-0.2, -0.15) is 4.62 Å². The van der Waals surface area contributed by atoms with E-state index in [2.05, 4.69) is 10.4 Å². The normalized spacial score (nSPS) is 8.17. The molecular weight excluding hydrogens is 224 g/mol. The predicted molar refractivity (Wildman–Crippen MR) is 49.8 cm³/mol. The number of hydrogen-bond acceptors (Lipinski definition) is 3. The molecule has 0 aliphatic carbocycles. The number of carbonyl (C=O) groups excluding carboxylic acids is 1. The van der Waals surface area contributed by atoms with E-state index in [0.29, 0.717) is 0 Å². The van der Waals surface area contributed by atoms with E-state index in [1.807, 2.05) is 0 Å². The Morgan fingerprint density at radius 3 is 1.83 bits per heavy atom. The van der Waals surface area contributed by atoms with Crippen molar-refractivity contribution >= 4 is 83.0 Å². The average molecular weight is 235 g/mol. The molecule has 0 aliphatic rings. The maximum atomic E-state index is 9.74. The molecule has 0 aliphatic heterocycles. The SMILES string of the molecule is NC(=O)NOP(=O)(O)O.[H-].[H-].[H-].[H-].[H-].[H-].[Mg+2].[Mg+2].[Mg+2]. The second-order valence-electron chi connectivity index (χ2n) is 1.05. The van der Waals surface area contributed by atoms with Gasteiger partial charge in [-0.3, -0.25) is 0 Å². The quantitative estimate of drug-likeness (QED) is 0.256. The fourth-order valence-electron chi connectivity index (χ4n) is 0.104. The Balaban J connectivity index is -0.00000000889. The Labute approximate surface area is 126 Å². The molecule has 11 heteroatoms. The maximum absolute atomic E-state index is 9.74. The zero-order chi connectivity index (χ0) is 7.49. The van der Waals surface area contributed by atoms with Crippen molar-refractivity contribution in [3.05, 3.63) is 0 Å². The van der Waals surface area contributed by atoms with Crippen LogP contribution in [0.3, 0.4) is 0 Å². The molecule has 2 amide bonds. The second-order valence-corrected chi connectivity index (χ2v) is 2.21. The second kappa shape index (κ2) is 10.8. The summed E-state index contributed by atoms with van der Waals surface area (Å²) < 4.78 is 13.2. The van der Waals surface area contributed by atoms with Gasteiger partial charge in [0.25, 0.3) is 0 Å². The average Bonchev–Trinajstić information content (AvgIpc) is 1.59. The molecule has 0 aromatic heterocycles. The number of amides is 2. The van der Waals surface area contributed by atoms with E-state index in [0.717, 1.165) is 0 Å². The van der Waals surface area contributed by atoms with Crippen LogP contribution in [0.15, 0.2) is 0 Å². The van der Waals surface area contributed by atoms with E-state index in [1.54, 1.807) is 0 Å². The summed E-state index contributed by atoms with van der Waals surface area (Å²) in [5, 5.41) is 0. The summed E-state index contributed by atoms with van der Waals surface area (Å²) in [6.45, 7) is 0. The van der Waals surface area contributed by atoms with Crippen LogP contribution in [-0.2, 0) is 9.19 Å². The monoisotopic (exact) mass is 234 g/mol. The van der Waals surface area contributed by atoms with E-state index >= 15 is 0 Å². The standard InChI is InChI=1S/CH5N2O5P.3Mg.6H/c2-1(4)3-8-9(5,6)7;;;;;;;;;/h(H3,2,3,4)(H2,5,6,7);;;;;;;;;/q;3*+2;6*-1. The predicted octanol–water partition coefficient (Wildman–Crippen LogP) is -1.79. The van der Waals surface area contributed by atoms with Crippen LogP contribution in [0, 0.1) is 0 Å². The number of nitrogens with one attached hydrogen (secondary N) is 1. The van der Waals surface area contributed by atoms with Crippen LogP contribution in [0.25, 0.3) is 0 Å². The van der Waals surface area contributed by atoms with Crippen molar-refractivity contribution in [2.75, 3.05) is 0 Å². The number of rotatable bonds is 2. The van der Waals surface area contributed by atoms with E-state index in [4.69, 9.17) is 9.79 Å². The summed E-state index contributed by atoms with van der Waals surface area (Å²) in [6.07, 6.45) is 0. The maximum Gasteiger partial charge on any atom is 2.00 e. The third-order valence-corrected chi connectivity index (χ3v) is 0.594. The minimum Gasteiger partial charge on any atom is -1.00 e. The number of phosphoric acid groups is 1. The Kier molecular flexibility index (Phi) is 21.0. The molecule has 5 N–H and O–H groups in total. The first-order valence-electron chi connectivity index (χ1n) is 1.71. The molecule has 0 atom stereocenters. The number of nitrogens with two attached hydrogens (primary N) is 1. The molecule has 0 rings (SSSR count). The number of hydrogen-bond donors (Lipinski definition) is 4. The molecule has 0 fully saturated rings. The van der Waals surface area contributed by atoms with Gasteiger partial charge in [0.1, 0.15) is 0 Å². The van der Waals surface area contributed by atoms with E-state index in [9.17, 15) is 9.36 Å². The molecule has 7 nitrogen and oxygen atoms in total. The molecule has 12 heavy (non-hydrogen) atoms. The van der Waals surface area contributed by atoms with Crippen LogP contribution in [0.5, 0.6) is 0 Å². The van der Waals surface area contributed by atoms with Crippen LogP contribution >= 0.6 is 7.82 Å². The molecule has 66 valence electrons. The molecule has 0 bridgehead atoms. The van der Waals surface area contributed by atoms with Crippen molar-refractivity contribution < 1.29 is 32.3 Å². The van der Waals surface area contributed by atoms with Crippen molar-refractivity contribution in [1.82, 2.24) is 5.48 Å². The van der Waals surface area contributed by atoms with Crippen LogP contribution in [-0.4, -0.2) is 85.0 Å². The third kappa shape index (κ3) is 22.6. The third-order valence-electron chi connectivity index (χ3n) is 0.265. The van der Waals surface area contributed by atoms with E-state index in [-0.39, 0.29) is 77.7 Å². The number of primary amides is 1. The first kappa shape index (κ1) is 23.5. The Bertz CT molecular complexity index is 175. The van der Waals surface area contributed by atoms with E-state index in [1.165, 1.54) is 5.48 Å². The smallest absolute Gasteiger partial charge is 1.00 e. The summed E-state index contributed by atoms with van der Waals surface area (Å²) in [7, 11) is -4.63. The van der Waals surface area contributed by atoms with Gasteiger partial charge in [0.05, 0.1) is 0 Å². The summed E-state index contributed by atoms with van der Waals surface area (Å²) in [4.78, 5) is 25.5. The molecular formula is CH11Mg3N2O5P. The van der Waals surface area contributed by atoms with Crippen LogP contribution < -0.4 is 11.2 Å². The Morgan fingerprint density at radius 2 is 1.75 bits per heavy atom. The van der Waals surface area contributed by atoms with Gasteiger partial charge in [-0.25, -0.2) is 14.8 Å². The van der Waals surface area contributed by atoms with Crippen molar-refractivity contribution in [1.29, 1.82) is 0 Å². The molecule has 0 saturated heterocycles. The van der Waals surface area contributed by atoms with Crippen molar-refractivity contribution in [2.45, 2.75) is 0 Å². The van der Waals surface area contributed by atoms with Gasteiger partial charge in [-0.1, -0.05) is 0 Å². The number of hydroxylamine groups is 1. The molecule has 0 saturated carbocycles. The van der Waals surface area contributed by atoms with Gasteiger partial charge in [0.2, 0.25) is 0 Å². The number of carbonyl (C=O) groups is 1. The molecule has 0 radical (unpaired) electrons. The molecule has 0 aromatic carbocycles. The first-order chi connectivity index (χ1) is 3.92. The number of urea groups is 1. The fraction of sp³-hybridized carbons (Fsp3) is 0. The van der Waals surface area contributed by atoms with Crippen LogP contribution in [0.4, 0.5) is 4.79 Å². The topological polar surface area (TPSA) is 122 Å². The summed E-state index contributed by atoms with van der Waals surface area (Å²) in [5.74, 6) is 0. The minimum atomic E-state index is -4.63. The van der Waals surface area contributed by atoms with Crippen LogP contribution in [0.1, 0.15) is 8.56 Å². The van der Waals surface area contributed by atoms with Gasteiger partial charge < -0.3 is 24.1 Å². The van der Waals surface area contributed by atoms with Gasteiger partial charge in [0.15, 0.2) is 0 Å². The van der Waals surface area contributed by atoms with Crippen molar-refractivity contribution in [2.24, 2.45) is 5.73 Å². The zero-order valence-electron chi connectivity index (χ0n) is 12.3. The fourth-order valence-corrected chi connectivity index (χ4v) is 0.313. The van der Waals surface area contributed by atoms with Crippen LogP contribution in [0.2, 0.25) is 0 Å².